The van der Waals surface area contributed by atoms with E-state index in [2.05, 4.69) is 24.5 Å². The number of nitrogens with zero attached hydrogens (tertiary/aromatic N) is 1. The zero-order valence-corrected chi connectivity index (χ0v) is 17.0. The fourth-order valence-electron chi connectivity index (χ4n) is 3.46. The third-order valence-electron chi connectivity index (χ3n) is 4.91. The Balaban J connectivity index is 1.55. The maximum Gasteiger partial charge on any atom is 0.238 e. The highest BCUT2D eigenvalue weighted by atomic mass is 35.5. The Morgan fingerprint density at radius 1 is 1.11 bits per heavy atom. The van der Waals surface area contributed by atoms with Gasteiger partial charge in [0.15, 0.2) is 0 Å². The van der Waals surface area contributed by atoms with Crippen LogP contribution in [0.3, 0.4) is 0 Å². The Kier molecular flexibility index (Phi) is 6.70. The second-order valence-electron chi connectivity index (χ2n) is 7.40. The molecule has 0 saturated carbocycles. The fraction of sp³-hybridized carbons (Fsp3) is 0.364. The minimum absolute atomic E-state index is 0.0616. The molecule has 2 N–H and O–H groups in total. The molecule has 1 aliphatic rings. The minimum Gasteiger partial charge on any atom is -0.325 e. The van der Waals surface area contributed by atoms with E-state index in [1.165, 1.54) is 0 Å². The summed E-state index contributed by atoms with van der Waals surface area (Å²) in [5.41, 5.74) is 2.70. The Bertz CT molecular complexity index is 819. The van der Waals surface area contributed by atoms with Gasteiger partial charge in [-0.05, 0) is 54.3 Å². The van der Waals surface area contributed by atoms with Gasteiger partial charge in [-0.1, -0.05) is 37.6 Å². The van der Waals surface area contributed by atoms with Gasteiger partial charge in [-0.15, -0.1) is 0 Å². The van der Waals surface area contributed by atoms with Crippen LogP contribution in [0.25, 0.3) is 0 Å². The van der Waals surface area contributed by atoms with E-state index in [0.29, 0.717) is 17.4 Å². The lowest BCUT2D eigenvalue weighted by molar-refractivity contribution is -0.117. The van der Waals surface area contributed by atoms with Crippen LogP contribution >= 0.6 is 11.6 Å². The van der Waals surface area contributed by atoms with Crippen LogP contribution in [0, 0.1) is 5.92 Å². The number of anilines is 2. The van der Waals surface area contributed by atoms with Crippen molar-refractivity contribution in [1.29, 1.82) is 0 Å². The van der Waals surface area contributed by atoms with E-state index in [-0.39, 0.29) is 24.4 Å². The van der Waals surface area contributed by atoms with Crippen LogP contribution in [-0.4, -0.2) is 24.9 Å². The molecule has 0 aromatic heterocycles. The number of halogens is 1. The molecule has 5 nitrogen and oxygen atoms in total. The number of hydrogen-bond acceptors (Lipinski definition) is 3. The highest BCUT2D eigenvalue weighted by Crippen LogP contribution is 2.24. The van der Waals surface area contributed by atoms with Crippen molar-refractivity contribution in [3.8, 4) is 0 Å². The molecule has 1 aliphatic heterocycles. The molecule has 1 heterocycles. The van der Waals surface area contributed by atoms with Crippen LogP contribution in [0.2, 0.25) is 5.02 Å². The van der Waals surface area contributed by atoms with Crippen molar-refractivity contribution < 1.29 is 9.59 Å². The maximum atomic E-state index is 12.4. The van der Waals surface area contributed by atoms with E-state index in [4.69, 9.17) is 11.6 Å². The first kappa shape index (κ1) is 20.4. The highest BCUT2D eigenvalue weighted by molar-refractivity contribution is 6.30. The van der Waals surface area contributed by atoms with Crippen LogP contribution in [0.5, 0.6) is 0 Å². The summed E-state index contributed by atoms with van der Waals surface area (Å²) in [6.07, 6.45) is 1.50. The predicted molar refractivity (Wildman–Crippen MR) is 114 cm³/mol. The second-order valence-corrected chi connectivity index (χ2v) is 7.83. The minimum atomic E-state index is -0.107. The molecule has 0 aliphatic carbocycles. The van der Waals surface area contributed by atoms with Gasteiger partial charge in [0.05, 0.1) is 6.54 Å². The lowest BCUT2D eigenvalue weighted by Crippen LogP contribution is -2.33. The van der Waals surface area contributed by atoms with Crippen molar-refractivity contribution in [3.05, 3.63) is 59.1 Å². The highest BCUT2D eigenvalue weighted by Gasteiger charge is 2.21. The summed E-state index contributed by atoms with van der Waals surface area (Å²) in [4.78, 5) is 26.0. The van der Waals surface area contributed by atoms with Crippen LogP contribution in [-0.2, 0) is 9.59 Å². The first-order valence-electron chi connectivity index (χ1n) is 9.63. The van der Waals surface area contributed by atoms with Crippen molar-refractivity contribution >= 4 is 34.8 Å². The standard InChI is InChI=1S/C22H26ClN3O2/c1-15(2)22(16-5-7-17(23)8-6-16)24-14-20(27)25-18-9-11-19(12-10-18)26-13-3-4-21(26)28/h5-12,15,22,24H,3-4,13-14H2,1-2H3,(H,25,27)/t22-/m1/s1. The summed E-state index contributed by atoms with van der Waals surface area (Å²) in [5.74, 6) is 0.374. The summed E-state index contributed by atoms with van der Waals surface area (Å²) in [7, 11) is 0. The number of benzene rings is 2. The molecule has 2 aromatic carbocycles. The van der Waals surface area contributed by atoms with E-state index in [1.54, 1.807) is 4.90 Å². The second kappa shape index (κ2) is 9.22. The van der Waals surface area contributed by atoms with Crippen molar-refractivity contribution in [1.82, 2.24) is 5.32 Å². The van der Waals surface area contributed by atoms with Gasteiger partial charge in [0.2, 0.25) is 11.8 Å². The molecule has 148 valence electrons. The molecule has 0 radical (unpaired) electrons. The van der Waals surface area contributed by atoms with Gasteiger partial charge in [-0.25, -0.2) is 0 Å². The van der Waals surface area contributed by atoms with Crippen molar-refractivity contribution in [3.63, 3.8) is 0 Å². The molecule has 2 aromatic rings. The first-order valence-corrected chi connectivity index (χ1v) is 10.0. The van der Waals surface area contributed by atoms with E-state index in [1.807, 2.05) is 48.5 Å². The summed E-state index contributed by atoms with van der Waals surface area (Å²) >= 11 is 5.97. The monoisotopic (exact) mass is 399 g/mol. The molecule has 0 bridgehead atoms. The van der Waals surface area contributed by atoms with Gasteiger partial charge < -0.3 is 15.5 Å². The van der Waals surface area contributed by atoms with E-state index >= 15 is 0 Å². The Morgan fingerprint density at radius 3 is 2.36 bits per heavy atom. The normalized spacial score (nSPS) is 15.1. The Hall–Kier alpha value is -2.37. The molecule has 1 saturated heterocycles. The number of rotatable bonds is 7. The molecular weight excluding hydrogens is 374 g/mol. The fourth-order valence-corrected chi connectivity index (χ4v) is 3.59. The average molecular weight is 400 g/mol. The molecular formula is C22H26ClN3O2. The smallest absolute Gasteiger partial charge is 0.238 e. The van der Waals surface area contributed by atoms with E-state index in [0.717, 1.165) is 29.9 Å². The van der Waals surface area contributed by atoms with Gasteiger partial charge in [0, 0.05) is 35.4 Å². The number of nitrogens with one attached hydrogen (secondary N) is 2. The third kappa shape index (κ3) is 5.12. The summed E-state index contributed by atoms with van der Waals surface area (Å²) in [5, 5.41) is 6.93. The topological polar surface area (TPSA) is 61.4 Å². The van der Waals surface area contributed by atoms with Crippen LogP contribution in [0.15, 0.2) is 48.5 Å². The number of amides is 2. The molecule has 6 heteroatoms. The van der Waals surface area contributed by atoms with Crippen LogP contribution in [0.4, 0.5) is 11.4 Å². The largest absolute Gasteiger partial charge is 0.325 e. The number of carbonyl (C=O) groups excluding carboxylic acids is 2. The SMILES string of the molecule is CC(C)[C@@H](NCC(=O)Nc1ccc(N2CCCC2=O)cc1)c1ccc(Cl)cc1. The number of carbonyl (C=O) groups is 2. The molecule has 1 fully saturated rings. The van der Waals surface area contributed by atoms with Gasteiger partial charge in [0.25, 0.3) is 0 Å². The Morgan fingerprint density at radius 2 is 1.79 bits per heavy atom. The maximum absolute atomic E-state index is 12.4. The summed E-state index contributed by atoms with van der Waals surface area (Å²) in [6, 6.07) is 15.2. The van der Waals surface area contributed by atoms with E-state index < -0.39 is 0 Å². The van der Waals surface area contributed by atoms with Gasteiger partial charge in [-0.2, -0.15) is 0 Å². The average Bonchev–Trinajstić information content (AvgIpc) is 3.09. The molecule has 0 unspecified atom stereocenters. The van der Waals surface area contributed by atoms with Gasteiger partial charge in [0.1, 0.15) is 0 Å². The summed E-state index contributed by atoms with van der Waals surface area (Å²) in [6.45, 7) is 5.19. The van der Waals surface area contributed by atoms with E-state index in [9.17, 15) is 9.59 Å². The molecule has 28 heavy (non-hydrogen) atoms. The zero-order valence-electron chi connectivity index (χ0n) is 16.2. The van der Waals surface area contributed by atoms with Crippen LogP contribution < -0.4 is 15.5 Å². The quantitative estimate of drug-likeness (QED) is 0.725. The Labute approximate surface area is 171 Å². The molecule has 3 rings (SSSR count). The number of hydrogen-bond donors (Lipinski definition) is 2. The van der Waals surface area contributed by atoms with Crippen molar-refractivity contribution in [2.75, 3.05) is 23.3 Å². The van der Waals surface area contributed by atoms with Crippen molar-refractivity contribution in [2.24, 2.45) is 5.92 Å². The lowest BCUT2D eigenvalue weighted by atomic mass is 9.96. The third-order valence-corrected chi connectivity index (χ3v) is 5.17. The van der Waals surface area contributed by atoms with Gasteiger partial charge >= 0.3 is 0 Å². The van der Waals surface area contributed by atoms with Crippen LogP contribution in [0.1, 0.15) is 38.3 Å². The van der Waals surface area contributed by atoms with Gasteiger partial charge in [-0.3, -0.25) is 9.59 Å². The summed E-state index contributed by atoms with van der Waals surface area (Å²) < 4.78 is 0. The predicted octanol–water partition coefficient (Wildman–Crippen LogP) is 4.39. The molecule has 1 atom stereocenters. The molecule has 0 spiro atoms. The van der Waals surface area contributed by atoms with Crippen molar-refractivity contribution in [2.45, 2.75) is 32.7 Å². The first-order chi connectivity index (χ1) is 13.4. The zero-order chi connectivity index (χ0) is 20.1. The lowest BCUT2D eigenvalue weighted by Gasteiger charge is -2.23. The molecule has 2 amide bonds.